The van der Waals surface area contributed by atoms with Crippen molar-refractivity contribution >= 4 is 29.2 Å². The predicted molar refractivity (Wildman–Crippen MR) is 124 cm³/mol. The largest absolute Gasteiger partial charge is 0.481 e. The SMILES string of the molecule is CC(Cc1ccc(Cl)c(NC(=O)C(c2ccc(C(C)(C)C(F)(F)F)cc2)C(C)C(F)(F)F)c1)C(=O)O. The van der Waals surface area contributed by atoms with Gasteiger partial charge in [0, 0.05) is 0 Å². The first kappa shape index (κ1) is 29.5. The quantitative estimate of drug-likeness (QED) is 0.346. The van der Waals surface area contributed by atoms with Gasteiger partial charge in [0.25, 0.3) is 0 Å². The summed E-state index contributed by atoms with van der Waals surface area (Å²) in [5.41, 5.74) is -2.05. The lowest BCUT2D eigenvalue weighted by molar-refractivity contribution is -0.180. The summed E-state index contributed by atoms with van der Waals surface area (Å²) in [7, 11) is 0. The normalized spacial score (nSPS) is 15.2. The molecule has 0 radical (unpaired) electrons. The van der Waals surface area contributed by atoms with Crippen molar-refractivity contribution < 1.29 is 41.0 Å². The number of amides is 1. The molecular formula is C25H26ClF6NO3. The molecule has 0 aliphatic heterocycles. The van der Waals surface area contributed by atoms with Gasteiger partial charge in [-0.25, -0.2) is 0 Å². The summed E-state index contributed by atoms with van der Waals surface area (Å²) in [4.78, 5) is 24.2. The summed E-state index contributed by atoms with van der Waals surface area (Å²) in [5, 5.41) is 11.5. The van der Waals surface area contributed by atoms with Gasteiger partial charge in [-0.2, -0.15) is 26.3 Å². The number of anilines is 1. The van der Waals surface area contributed by atoms with Crippen molar-refractivity contribution in [2.75, 3.05) is 5.32 Å². The van der Waals surface area contributed by atoms with Crippen molar-refractivity contribution in [3.8, 4) is 0 Å². The molecular weight excluding hydrogens is 512 g/mol. The van der Waals surface area contributed by atoms with E-state index in [9.17, 15) is 35.9 Å². The Morgan fingerprint density at radius 1 is 0.972 bits per heavy atom. The topological polar surface area (TPSA) is 66.4 Å². The van der Waals surface area contributed by atoms with Gasteiger partial charge in [0.05, 0.1) is 33.9 Å². The van der Waals surface area contributed by atoms with E-state index in [0.29, 0.717) is 5.56 Å². The molecule has 11 heteroatoms. The molecule has 0 bridgehead atoms. The third-order valence-electron chi connectivity index (χ3n) is 6.25. The number of hydrogen-bond acceptors (Lipinski definition) is 2. The standard InChI is InChI=1S/C25H26ClF6NO3/c1-13(22(35)36)11-15-5-10-18(26)19(12-15)33-21(34)20(14(2)24(27,28)29)16-6-8-17(9-7-16)23(3,4)25(30,31)32/h5-10,12-14,20H,11H2,1-4H3,(H,33,34)(H,35,36). The molecule has 0 saturated carbocycles. The van der Waals surface area contributed by atoms with E-state index >= 15 is 0 Å². The molecule has 0 aromatic heterocycles. The molecule has 4 nitrogen and oxygen atoms in total. The number of alkyl halides is 6. The summed E-state index contributed by atoms with van der Waals surface area (Å²) < 4.78 is 81.1. The van der Waals surface area contributed by atoms with E-state index in [1.807, 2.05) is 0 Å². The molecule has 2 aromatic carbocycles. The third kappa shape index (κ3) is 6.72. The van der Waals surface area contributed by atoms with Gasteiger partial charge >= 0.3 is 18.3 Å². The Morgan fingerprint density at radius 2 is 1.53 bits per heavy atom. The van der Waals surface area contributed by atoms with E-state index in [1.54, 1.807) is 0 Å². The Morgan fingerprint density at radius 3 is 2.00 bits per heavy atom. The summed E-state index contributed by atoms with van der Waals surface area (Å²) in [6.07, 6.45) is -9.28. The minimum Gasteiger partial charge on any atom is -0.481 e. The van der Waals surface area contributed by atoms with E-state index < -0.39 is 47.4 Å². The van der Waals surface area contributed by atoms with Gasteiger partial charge in [0.1, 0.15) is 0 Å². The van der Waals surface area contributed by atoms with Crippen LogP contribution in [0.3, 0.4) is 0 Å². The predicted octanol–water partition coefficient (Wildman–Crippen LogP) is 7.36. The van der Waals surface area contributed by atoms with E-state index in [0.717, 1.165) is 45.0 Å². The highest BCUT2D eigenvalue weighted by Gasteiger charge is 2.49. The molecule has 3 unspecified atom stereocenters. The van der Waals surface area contributed by atoms with Crippen LogP contribution in [-0.2, 0) is 21.4 Å². The number of carboxylic acids is 1. The molecule has 3 atom stereocenters. The maximum absolute atomic E-state index is 13.7. The molecule has 0 saturated heterocycles. The van der Waals surface area contributed by atoms with Crippen molar-refractivity contribution in [2.45, 2.75) is 57.8 Å². The van der Waals surface area contributed by atoms with Crippen molar-refractivity contribution in [3.63, 3.8) is 0 Å². The molecule has 0 heterocycles. The highest BCUT2D eigenvalue weighted by molar-refractivity contribution is 6.33. The fraction of sp³-hybridized carbons (Fsp3) is 0.440. The summed E-state index contributed by atoms with van der Waals surface area (Å²) in [6, 6.07) is 8.60. The fourth-order valence-electron chi connectivity index (χ4n) is 3.57. The van der Waals surface area contributed by atoms with E-state index in [4.69, 9.17) is 16.7 Å². The number of nitrogens with one attached hydrogen (secondary N) is 1. The van der Waals surface area contributed by atoms with Crippen LogP contribution in [0.1, 0.15) is 50.3 Å². The second kappa shape index (κ2) is 10.7. The molecule has 198 valence electrons. The molecule has 36 heavy (non-hydrogen) atoms. The van der Waals surface area contributed by atoms with Crippen LogP contribution in [0.25, 0.3) is 0 Å². The van der Waals surface area contributed by atoms with Gasteiger partial charge < -0.3 is 10.4 Å². The molecule has 0 aliphatic carbocycles. The Hall–Kier alpha value is -2.75. The second-order valence-electron chi connectivity index (χ2n) is 9.30. The lowest BCUT2D eigenvalue weighted by atomic mass is 9.81. The smallest absolute Gasteiger partial charge is 0.397 e. The van der Waals surface area contributed by atoms with Crippen LogP contribution in [0, 0.1) is 11.8 Å². The zero-order valence-corrected chi connectivity index (χ0v) is 20.6. The molecule has 2 rings (SSSR count). The number of carbonyl (C=O) groups is 2. The monoisotopic (exact) mass is 537 g/mol. The number of rotatable bonds is 8. The minimum absolute atomic E-state index is 0.00838. The van der Waals surface area contributed by atoms with E-state index in [1.165, 1.54) is 25.1 Å². The molecule has 1 amide bonds. The summed E-state index contributed by atoms with van der Waals surface area (Å²) in [5.74, 6) is -6.83. The molecule has 2 N–H and O–H groups in total. The van der Waals surface area contributed by atoms with Gasteiger partial charge in [-0.15, -0.1) is 0 Å². The number of carboxylic acid groups (broad SMARTS) is 1. The van der Waals surface area contributed by atoms with Crippen LogP contribution < -0.4 is 5.32 Å². The highest BCUT2D eigenvalue weighted by atomic mass is 35.5. The van der Waals surface area contributed by atoms with E-state index in [-0.39, 0.29) is 28.3 Å². The van der Waals surface area contributed by atoms with Gasteiger partial charge in [-0.3, -0.25) is 9.59 Å². The van der Waals surface area contributed by atoms with Crippen LogP contribution in [0.4, 0.5) is 32.0 Å². The molecule has 0 aliphatic rings. The Labute approximate surface area is 209 Å². The molecule has 2 aromatic rings. The summed E-state index contributed by atoms with van der Waals surface area (Å²) in [6.45, 7) is 4.18. The first-order valence-corrected chi connectivity index (χ1v) is 11.3. The number of benzene rings is 2. The van der Waals surface area contributed by atoms with Crippen LogP contribution in [0.5, 0.6) is 0 Å². The number of halogens is 7. The fourth-order valence-corrected chi connectivity index (χ4v) is 3.74. The van der Waals surface area contributed by atoms with Crippen molar-refractivity contribution in [1.82, 2.24) is 0 Å². The van der Waals surface area contributed by atoms with E-state index in [2.05, 4.69) is 5.32 Å². The van der Waals surface area contributed by atoms with Crippen molar-refractivity contribution in [2.24, 2.45) is 11.8 Å². The highest BCUT2D eigenvalue weighted by Crippen LogP contribution is 2.42. The van der Waals surface area contributed by atoms with Crippen molar-refractivity contribution in [3.05, 3.63) is 64.2 Å². The maximum atomic E-state index is 13.7. The Kier molecular flexibility index (Phi) is 8.76. The number of hydrogen-bond donors (Lipinski definition) is 2. The van der Waals surface area contributed by atoms with Crippen LogP contribution in [0.2, 0.25) is 5.02 Å². The number of carbonyl (C=O) groups excluding carboxylic acids is 1. The van der Waals surface area contributed by atoms with Gasteiger partial charge in [0.15, 0.2) is 0 Å². The van der Waals surface area contributed by atoms with Gasteiger partial charge in [0.2, 0.25) is 5.91 Å². The molecule has 0 fully saturated rings. The van der Waals surface area contributed by atoms with Gasteiger partial charge in [-0.1, -0.05) is 55.8 Å². The zero-order valence-electron chi connectivity index (χ0n) is 19.9. The van der Waals surface area contributed by atoms with Crippen LogP contribution >= 0.6 is 11.6 Å². The van der Waals surface area contributed by atoms with Crippen LogP contribution in [0.15, 0.2) is 42.5 Å². The van der Waals surface area contributed by atoms with Gasteiger partial charge in [-0.05, 0) is 49.1 Å². The first-order valence-electron chi connectivity index (χ1n) is 10.9. The lowest BCUT2D eigenvalue weighted by Crippen LogP contribution is -2.36. The molecule has 0 spiro atoms. The zero-order chi connectivity index (χ0) is 27.6. The average Bonchev–Trinajstić information content (AvgIpc) is 2.75. The first-order chi connectivity index (χ1) is 16.4. The Balaban J connectivity index is 2.43. The average molecular weight is 538 g/mol. The Bertz CT molecular complexity index is 1100. The summed E-state index contributed by atoms with van der Waals surface area (Å²) >= 11 is 6.11. The lowest BCUT2D eigenvalue weighted by Gasteiger charge is -2.29. The van der Waals surface area contributed by atoms with Crippen LogP contribution in [-0.4, -0.2) is 29.3 Å². The maximum Gasteiger partial charge on any atom is 0.397 e. The van der Waals surface area contributed by atoms with Crippen molar-refractivity contribution in [1.29, 1.82) is 0 Å². The minimum atomic E-state index is -4.78. The number of aliphatic carboxylic acids is 1. The second-order valence-corrected chi connectivity index (χ2v) is 9.71. The third-order valence-corrected chi connectivity index (χ3v) is 6.58.